The number of ether oxygens (including phenoxy) is 2. The highest BCUT2D eigenvalue weighted by Crippen LogP contribution is 2.29. The number of esters is 1. The molecule has 0 bridgehead atoms. The van der Waals surface area contributed by atoms with Gasteiger partial charge >= 0.3 is 5.97 Å². The number of nitrogens with zero attached hydrogens (tertiary/aromatic N) is 3. The van der Waals surface area contributed by atoms with Crippen LogP contribution in [0.4, 0.5) is 11.5 Å². The van der Waals surface area contributed by atoms with Crippen LogP contribution in [0.3, 0.4) is 0 Å². The molecule has 0 unspecified atom stereocenters. The van der Waals surface area contributed by atoms with Crippen molar-refractivity contribution in [1.29, 1.82) is 0 Å². The predicted octanol–water partition coefficient (Wildman–Crippen LogP) is 4.18. The molecule has 0 radical (unpaired) electrons. The number of hydrogen-bond acceptors (Lipinski definition) is 7. The summed E-state index contributed by atoms with van der Waals surface area (Å²) in [5.74, 6) is 1.09. The molecular weight excluding hydrogens is 432 g/mol. The Balaban J connectivity index is 1.31. The van der Waals surface area contributed by atoms with Gasteiger partial charge in [-0.15, -0.1) is 10.2 Å². The highest BCUT2D eigenvalue weighted by atomic mass is 16.5. The Morgan fingerprint density at radius 2 is 1.74 bits per heavy atom. The van der Waals surface area contributed by atoms with Gasteiger partial charge in [-0.2, -0.15) is 0 Å². The average molecular weight is 461 g/mol. The summed E-state index contributed by atoms with van der Waals surface area (Å²) in [5.41, 5.74) is 2.78. The van der Waals surface area contributed by atoms with Crippen LogP contribution >= 0.6 is 0 Å². The molecule has 1 fully saturated rings. The van der Waals surface area contributed by atoms with E-state index in [0.717, 1.165) is 48.8 Å². The molecule has 0 saturated carbocycles. The van der Waals surface area contributed by atoms with Gasteiger partial charge in [-0.25, -0.2) is 4.79 Å². The lowest BCUT2D eigenvalue weighted by molar-refractivity contribution is -0.120. The Bertz CT molecular complexity index is 1120. The molecular formula is C26H28N4O4. The average Bonchev–Trinajstić information content (AvgIpc) is 2.89. The number of hydrogen-bond donors (Lipinski definition) is 1. The van der Waals surface area contributed by atoms with Crippen molar-refractivity contribution in [3.8, 4) is 17.0 Å². The van der Waals surface area contributed by atoms with Crippen molar-refractivity contribution >= 4 is 23.4 Å². The van der Waals surface area contributed by atoms with Crippen LogP contribution in [-0.4, -0.2) is 48.9 Å². The van der Waals surface area contributed by atoms with E-state index >= 15 is 0 Å². The van der Waals surface area contributed by atoms with Crippen molar-refractivity contribution in [2.24, 2.45) is 5.92 Å². The number of methoxy groups -OCH3 is 1. The Kier molecular flexibility index (Phi) is 7.37. The lowest BCUT2D eigenvalue weighted by Gasteiger charge is -2.31. The first-order valence-corrected chi connectivity index (χ1v) is 11.4. The van der Waals surface area contributed by atoms with Gasteiger partial charge in [-0.1, -0.05) is 12.1 Å². The van der Waals surface area contributed by atoms with Gasteiger partial charge in [0.15, 0.2) is 5.82 Å². The van der Waals surface area contributed by atoms with Crippen LogP contribution in [0.1, 0.15) is 30.1 Å². The van der Waals surface area contributed by atoms with E-state index in [0.29, 0.717) is 17.9 Å². The largest absolute Gasteiger partial charge is 0.496 e. The first-order valence-electron chi connectivity index (χ1n) is 11.4. The number of anilines is 2. The van der Waals surface area contributed by atoms with Crippen molar-refractivity contribution < 1.29 is 19.1 Å². The van der Waals surface area contributed by atoms with E-state index in [4.69, 9.17) is 9.47 Å². The first-order chi connectivity index (χ1) is 16.6. The van der Waals surface area contributed by atoms with E-state index in [1.807, 2.05) is 36.4 Å². The third-order valence-corrected chi connectivity index (χ3v) is 5.89. The van der Waals surface area contributed by atoms with Crippen LogP contribution in [0.5, 0.6) is 5.75 Å². The number of nitrogens with one attached hydrogen (secondary N) is 1. The van der Waals surface area contributed by atoms with Gasteiger partial charge in [0.1, 0.15) is 5.75 Å². The fraction of sp³-hybridized carbons (Fsp3) is 0.308. The molecule has 1 aliphatic rings. The molecule has 2 heterocycles. The number of rotatable bonds is 7. The first kappa shape index (κ1) is 23.2. The van der Waals surface area contributed by atoms with Crippen molar-refractivity contribution in [3.63, 3.8) is 0 Å². The molecule has 0 atom stereocenters. The van der Waals surface area contributed by atoms with E-state index in [2.05, 4.69) is 20.4 Å². The van der Waals surface area contributed by atoms with Crippen LogP contribution in [0.25, 0.3) is 11.3 Å². The van der Waals surface area contributed by atoms with Crippen molar-refractivity contribution in [3.05, 3.63) is 66.2 Å². The number of carbonyl (C=O) groups excluding carboxylic acids is 2. The third kappa shape index (κ3) is 5.33. The smallest absolute Gasteiger partial charge is 0.338 e. The molecule has 1 amide bonds. The zero-order valence-electron chi connectivity index (χ0n) is 19.4. The van der Waals surface area contributed by atoms with Crippen LogP contribution in [0.2, 0.25) is 0 Å². The molecule has 2 aromatic carbocycles. The number of piperidine rings is 1. The van der Waals surface area contributed by atoms with E-state index in [-0.39, 0.29) is 17.8 Å². The minimum Gasteiger partial charge on any atom is -0.496 e. The van der Waals surface area contributed by atoms with E-state index < -0.39 is 0 Å². The lowest BCUT2D eigenvalue weighted by Crippen LogP contribution is -2.38. The normalized spacial score (nSPS) is 13.9. The Morgan fingerprint density at radius 3 is 2.38 bits per heavy atom. The maximum atomic E-state index is 12.7. The maximum Gasteiger partial charge on any atom is 0.338 e. The molecule has 3 aromatic rings. The number of carbonyl (C=O) groups is 2. The lowest BCUT2D eigenvalue weighted by atomic mass is 9.95. The molecule has 1 N–H and O–H groups in total. The summed E-state index contributed by atoms with van der Waals surface area (Å²) in [6, 6.07) is 18.4. The van der Waals surface area contributed by atoms with Gasteiger partial charge in [0, 0.05) is 30.3 Å². The third-order valence-electron chi connectivity index (χ3n) is 5.89. The second kappa shape index (κ2) is 10.8. The summed E-state index contributed by atoms with van der Waals surface area (Å²) in [7, 11) is 1.64. The number of amides is 1. The zero-order chi connectivity index (χ0) is 23.9. The number of aromatic nitrogens is 2. The summed E-state index contributed by atoms with van der Waals surface area (Å²) in [4.78, 5) is 26.6. The topological polar surface area (TPSA) is 93.7 Å². The quantitative estimate of drug-likeness (QED) is 0.529. The Morgan fingerprint density at radius 1 is 1.00 bits per heavy atom. The molecule has 8 nitrogen and oxygen atoms in total. The minimum absolute atomic E-state index is 0.0128. The number of benzene rings is 2. The SMILES string of the molecule is CCOC(=O)c1ccc(NC(=O)C2CCN(c3ccc(-c4ccccc4OC)nn3)CC2)cc1. The second-order valence-electron chi connectivity index (χ2n) is 8.03. The number of para-hydroxylation sites is 1. The molecule has 34 heavy (non-hydrogen) atoms. The summed E-state index contributed by atoms with van der Waals surface area (Å²) >= 11 is 0. The molecule has 1 saturated heterocycles. The fourth-order valence-electron chi connectivity index (χ4n) is 4.01. The minimum atomic E-state index is -0.369. The summed E-state index contributed by atoms with van der Waals surface area (Å²) < 4.78 is 10.4. The summed E-state index contributed by atoms with van der Waals surface area (Å²) in [6.07, 6.45) is 1.45. The molecule has 0 aliphatic carbocycles. The van der Waals surface area contributed by atoms with Gasteiger partial charge in [-0.3, -0.25) is 4.79 Å². The highest BCUT2D eigenvalue weighted by Gasteiger charge is 2.26. The van der Waals surface area contributed by atoms with Crippen LogP contribution in [0, 0.1) is 5.92 Å². The van der Waals surface area contributed by atoms with Gasteiger partial charge < -0.3 is 19.7 Å². The molecule has 8 heteroatoms. The van der Waals surface area contributed by atoms with Gasteiger partial charge in [-0.05, 0) is 68.3 Å². The van der Waals surface area contributed by atoms with Crippen molar-refractivity contribution in [1.82, 2.24) is 10.2 Å². The standard InChI is InChI=1S/C26H28N4O4/c1-3-34-26(32)19-8-10-20(11-9-19)27-25(31)18-14-16-30(17-15-18)24-13-12-22(28-29-24)21-6-4-5-7-23(21)33-2/h4-13,18H,3,14-17H2,1-2H3,(H,27,31). The molecule has 4 rings (SSSR count). The maximum absolute atomic E-state index is 12.7. The summed E-state index contributed by atoms with van der Waals surface area (Å²) in [6.45, 7) is 3.54. The van der Waals surface area contributed by atoms with Gasteiger partial charge in [0.25, 0.3) is 0 Å². The Hall–Kier alpha value is -3.94. The van der Waals surface area contributed by atoms with Crippen LogP contribution in [-0.2, 0) is 9.53 Å². The van der Waals surface area contributed by atoms with Gasteiger partial charge in [0.2, 0.25) is 5.91 Å². The molecule has 0 spiro atoms. The molecule has 176 valence electrons. The predicted molar refractivity (Wildman–Crippen MR) is 130 cm³/mol. The second-order valence-corrected chi connectivity index (χ2v) is 8.03. The van der Waals surface area contributed by atoms with Crippen molar-refractivity contribution in [2.75, 3.05) is 37.0 Å². The van der Waals surface area contributed by atoms with Crippen molar-refractivity contribution in [2.45, 2.75) is 19.8 Å². The fourth-order valence-corrected chi connectivity index (χ4v) is 4.01. The van der Waals surface area contributed by atoms with E-state index in [9.17, 15) is 9.59 Å². The van der Waals surface area contributed by atoms with Gasteiger partial charge in [0.05, 0.1) is 25.0 Å². The zero-order valence-corrected chi connectivity index (χ0v) is 19.4. The molecule has 1 aliphatic heterocycles. The van der Waals surface area contributed by atoms with E-state index in [1.54, 1.807) is 38.3 Å². The Labute approximate surface area is 198 Å². The van der Waals surface area contributed by atoms with E-state index in [1.165, 1.54) is 0 Å². The highest BCUT2D eigenvalue weighted by molar-refractivity contribution is 5.94. The van der Waals surface area contributed by atoms with Crippen LogP contribution in [0.15, 0.2) is 60.7 Å². The monoisotopic (exact) mass is 460 g/mol. The summed E-state index contributed by atoms with van der Waals surface area (Å²) in [5, 5.41) is 11.8. The molecule has 1 aromatic heterocycles. The van der Waals surface area contributed by atoms with Crippen LogP contribution < -0.4 is 15.0 Å².